The van der Waals surface area contributed by atoms with Crippen LogP contribution in [0.15, 0.2) is 48.7 Å². The van der Waals surface area contributed by atoms with Gasteiger partial charge in [-0.25, -0.2) is 0 Å². The lowest BCUT2D eigenvalue weighted by molar-refractivity contribution is -0.147. The number of aromatic nitrogens is 1. The fourth-order valence-corrected chi connectivity index (χ4v) is 3.38. The van der Waals surface area contributed by atoms with Gasteiger partial charge in [-0.1, -0.05) is 17.7 Å². The van der Waals surface area contributed by atoms with Crippen molar-refractivity contribution in [3.05, 3.63) is 59.8 Å². The first-order valence-electron chi connectivity index (χ1n) is 8.89. The van der Waals surface area contributed by atoms with Gasteiger partial charge in [0.25, 0.3) is 5.91 Å². The number of carbonyl (C=O) groups is 2. The van der Waals surface area contributed by atoms with Crippen molar-refractivity contribution in [2.24, 2.45) is 0 Å². The quantitative estimate of drug-likeness (QED) is 0.682. The molecule has 1 fully saturated rings. The lowest BCUT2D eigenvalue weighted by atomic mass is 9.99. The number of benzene rings is 2. The Hall–Kier alpha value is -3.28. The summed E-state index contributed by atoms with van der Waals surface area (Å²) in [5, 5.41) is 3.82. The van der Waals surface area contributed by atoms with Gasteiger partial charge in [-0.15, -0.1) is 0 Å². The first kappa shape index (κ1) is 17.1. The second-order valence-corrected chi connectivity index (χ2v) is 6.75. The first-order valence-corrected chi connectivity index (χ1v) is 8.89. The van der Waals surface area contributed by atoms with Crippen molar-refractivity contribution < 1.29 is 14.3 Å². The fourth-order valence-electron chi connectivity index (χ4n) is 3.38. The Morgan fingerprint density at radius 3 is 2.63 bits per heavy atom. The Labute approximate surface area is 157 Å². The summed E-state index contributed by atoms with van der Waals surface area (Å²) < 4.78 is 5.32. The number of hydrogen-bond donors (Lipinski definition) is 2. The predicted molar refractivity (Wildman–Crippen MR) is 104 cm³/mol. The highest BCUT2D eigenvalue weighted by molar-refractivity contribution is 6.02. The number of likely N-dealkylation sites (tertiary alicyclic amines) is 1. The highest BCUT2D eigenvalue weighted by Gasteiger charge is 2.38. The summed E-state index contributed by atoms with van der Waals surface area (Å²) in [6.45, 7) is 2.56. The van der Waals surface area contributed by atoms with Crippen LogP contribution < -0.4 is 10.1 Å². The number of methoxy groups -OCH3 is 1. The number of aryl methyl sites for hydroxylation is 1. The Morgan fingerprint density at radius 2 is 2.00 bits per heavy atom. The minimum Gasteiger partial charge on any atom is -0.497 e. The molecular formula is C21H21N3O3. The molecule has 1 saturated heterocycles. The number of fused-ring (bicyclic) bond motifs is 1. The number of ether oxygens (including phenoxy) is 1. The molecule has 0 radical (unpaired) electrons. The Kier molecular flexibility index (Phi) is 4.32. The van der Waals surface area contributed by atoms with Crippen LogP contribution >= 0.6 is 0 Å². The largest absolute Gasteiger partial charge is 0.497 e. The van der Waals surface area contributed by atoms with Crippen LogP contribution in [-0.2, 0) is 9.59 Å². The lowest BCUT2D eigenvalue weighted by Gasteiger charge is -2.37. The third-order valence-corrected chi connectivity index (χ3v) is 4.98. The SMILES string of the molecule is COc1ccc2[nH]cc(C(C(=O)Nc3ccc(C)cc3)N3CCC3=O)c2c1. The topological polar surface area (TPSA) is 74.4 Å². The Balaban J connectivity index is 1.72. The number of anilines is 1. The van der Waals surface area contributed by atoms with Gasteiger partial charge in [0.05, 0.1) is 7.11 Å². The Morgan fingerprint density at radius 1 is 1.22 bits per heavy atom. The molecule has 6 heteroatoms. The van der Waals surface area contributed by atoms with Gasteiger partial charge in [0.1, 0.15) is 11.8 Å². The van der Waals surface area contributed by atoms with Crippen molar-refractivity contribution in [3.8, 4) is 5.75 Å². The van der Waals surface area contributed by atoms with Gasteiger partial charge in [-0.2, -0.15) is 0 Å². The van der Waals surface area contributed by atoms with Crippen LogP contribution in [0.5, 0.6) is 5.75 Å². The van der Waals surface area contributed by atoms with E-state index in [0.29, 0.717) is 24.4 Å². The number of amides is 2. The van der Waals surface area contributed by atoms with E-state index in [4.69, 9.17) is 4.74 Å². The standard InChI is InChI=1S/C21H21N3O3/c1-13-3-5-14(6-4-13)23-21(26)20(24-10-9-19(24)25)17-12-22-18-8-7-15(27-2)11-16(17)18/h3-8,11-12,20,22H,9-10H2,1-2H3,(H,23,26). The molecule has 3 aromatic rings. The highest BCUT2D eigenvalue weighted by Crippen LogP contribution is 2.34. The van der Waals surface area contributed by atoms with E-state index >= 15 is 0 Å². The number of H-pyrrole nitrogens is 1. The number of β-lactam (4-membered cyclic amide) rings is 1. The molecule has 27 heavy (non-hydrogen) atoms. The molecule has 1 aromatic heterocycles. The van der Waals surface area contributed by atoms with Gasteiger partial charge < -0.3 is 19.9 Å². The summed E-state index contributed by atoms with van der Waals surface area (Å²) in [5.74, 6) is 0.461. The molecule has 138 valence electrons. The zero-order valence-electron chi connectivity index (χ0n) is 15.3. The van der Waals surface area contributed by atoms with Crippen molar-refractivity contribution in [2.75, 3.05) is 19.0 Å². The molecule has 4 rings (SSSR count). The first-order chi connectivity index (χ1) is 13.1. The van der Waals surface area contributed by atoms with Crippen LogP contribution in [0.4, 0.5) is 5.69 Å². The van der Waals surface area contributed by atoms with Crippen LogP contribution in [0.2, 0.25) is 0 Å². The monoisotopic (exact) mass is 363 g/mol. The molecule has 2 N–H and O–H groups in total. The molecule has 1 atom stereocenters. The minimum atomic E-state index is -0.687. The normalized spacial score (nSPS) is 14.7. The third-order valence-electron chi connectivity index (χ3n) is 4.98. The average Bonchev–Trinajstić information content (AvgIpc) is 3.09. The van der Waals surface area contributed by atoms with E-state index in [0.717, 1.165) is 22.0 Å². The number of nitrogens with zero attached hydrogens (tertiary/aromatic N) is 1. The van der Waals surface area contributed by atoms with Gasteiger partial charge in [0.15, 0.2) is 0 Å². The summed E-state index contributed by atoms with van der Waals surface area (Å²) >= 11 is 0. The van der Waals surface area contributed by atoms with Gasteiger partial charge in [0, 0.05) is 41.3 Å². The van der Waals surface area contributed by atoms with Crippen LogP contribution in [0.1, 0.15) is 23.6 Å². The fraction of sp³-hybridized carbons (Fsp3) is 0.238. The molecule has 0 spiro atoms. The van der Waals surface area contributed by atoms with E-state index in [9.17, 15) is 9.59 Å². The number of nitrogens with one attached hydrogen (secondary N) is 2. The molecule has 6 nitrogen and oxygen atoms in total. The van der Waals surface area contributed by atoms with E-state index < -0.39 is 6.04 Å². The van der Waals surface area contributed by atoms with Crippen molar-refractivity contribution >= 4 is 28.4 Å². The van der Waals surface area contributed by atoms with Crippen LogP contribution in [0.3, 0.4) is 0 Å². The van der Waals surface area contributed by atoms with Gasteiger partial charge >= 0.3 is 0 Å². The van der Waals surface area contributed by atoms with E-state index in [1.165, 1.54) is 0 Å². The second-order valence-electron chi connectivity index (χ2n) is 6.75. The Bertz CT molecular complexity index is 1010. The molecule has 1 aliphatic rings. The summed E-state index contributed by atoms with van der Waals surface area (Å²) in [4.78, 5) is 30.1. The zero-order chi connectivity index (χ0) is 19.0. The van der Waals surface area contributed by atoms with Gasteiger partial charge in [0.2, 0.25) is 5.91 Å². The molecule has 1 unspecified atom stereocenters. The number of hydrogen-bond acceptors (Lipinski definition) is 3. The van der Waals surface area contributed by atoms with Gasteiger partial charge in [-0.05, 0) is 37.3 Å². The summed E-state index contributed by atoms with van der Waals surface area (Å²) in [6.07, 6.45) is 2.27. The smallest absolute Gasteiger partial charge is 0.251 e. The molecule has 2 amide bonds. The van der Waals surface area contributed by atoms with E-state index in [1.54, 1.807) is 18.2 Å². The maximum Gasteiger partial charge on any atom is 0.251 e. The summed E-state index contributed by atoms with van der Waals surface area (Å²) in [6, 6.07) is 12.6. The maximum absolute atomic E-state index is 13.1. The van der Waals surface area contributed by atoms with E-state index in [2.05, 4.69) is 10.3 Å². The van der Waals surface area contributed by atoms with Crippen molar-refractivity contribution in [3.63, 3.8) is 0 Å². The van der Waals surface area contributed by atoms with Crippen molar-refractivity contribution in [1.82, 2.24) is 9.88 Å². The molecule has 0 bridgehead atoms. The van der Waals surface area contributed by atoms with Crippen LogP contribution in [-0.4, -0.2) is 35.4 Å². The highest BCUT2D eigenvalue weighted by atomic mass is 16.5. The molecular weight excluding hydrogens is 342 g/mol. The molecule has 0 aliphatic carbocycles. The lowest BCUT2D eigenvalue weighted by Crippen LogP contribution is -2.49. The zero-order valence-corrected chi connectivity index (χ0v) is 15.3. The average molecular weight is 363 g/mol. The van der Waals surface area contributed by atoms with E-state index in [1.807, 2.05) is 49.4 Å². The molecule has 2 heterocycles. The van der Waals surface area contributed by atoms with Crippen LogP contribution in [0.25, 0.3) is 10.9 Å². The number of rotatable bonds is 5. The number of carbonyl (C=O) groups excluding carboxylic acids is 2. The molecule has 0 saturated carbocycles. The predicted octanol–water partition coefficient (Wildman–Crippen LogP) is 3.40. The molecule has 2 aromatic carbocycles. The second kappa shape index (κ2) is 6.79. The van der Waals surface area contributed by atoms with Crippen LogP contribution in [0, 0.1) is 6.92 Å². The van der Waals surface area contributed by atoms with Crippen molar-refractivity contribution in [1.29, 1.82) is 0 Å². The van der Waals surface area contributed by atoms with Gasteiger partial charge in [-0.3, -0.25) is 9.59 Å². The van der Waals surface area contributed by atoms with E-state index in [-0.39, 0.29) is 11.8 Å². The minimum absolute atomic E-state index is 0.0173. The maximum atomic E-state index is 13.1. The molecule has 1 aliphatic heterocycles. The third kappa shape index (κ3) is 3.14. The summed E-state index contributed by atoms with van der Waals surface area (Å²) in [7, 11) is 1.61. The number of aromatic amines is 1. The summed E-state index contributed by atoms with van der Waals surface area (Å²) in [5.41, 5.74) is 3.49. The van der Waals surface area contributed by atoms with Crippen molar-refractivity contribution in [2.45, 2.75) is 19.4 Å².